The quantitative estimate of drug-likeness (QED) is 0.858. The maximum absolute atomic E-state index is 12.9. The molecule has 1 saturated heterocycles. The molecule has 1 aliphatic heterocycles. The van der Waals surface area contributed by atoms with Gasteiger partial charge in [-0.25, -0.2) is 8.42 Å². The van der Waals surface area contributed by atoms with E-state index in [9.17, 15) is 13.2 Å². The molecular weight excluding hydrogens is 348 g/mol. The number of halogens is 1. The molecule has 0 aromatic heterocycles. The highest BCUT2D eigenvalue weighted by Gasteiger charge is 2.29. The summed E-state index contributed by atoms with van der Waals surface area (Å²) in [6.07, 6.45) is 2.44. The Morgan fingerprint density at radius 2 is 2.04 bits per heavy atom. The van der Waals surface area contributed by atoms with Gasteiger partial charge in [0.1, 0.15) is 0 Å². The highest BCUT2D eigenvalue weighted by atomic mass is 35.5. The van der Waals surface area contributed by atoms with Crippen LogP contribution >= 0.6 is 12.4 Å². The van der Waals surface area contributed by atoms with E-state index in [4.69, 9.17) is 5.73 Å². The van der Waals surface area contributed by atoms with Crippen molar-refractivity contribution < 1.29 is 13.2 Å². The Labute approximate surface area is 150 Å². The SMILES string of the molecule is CCCS(=O)(=O)c1ccccc1C(=O)N1CCCC(C(C)N)C1.Cl. The first kappa shape index (κ1) is 20.9. The average molecular weight is 375 g/mol. The van der Waals surface area contributed by atoms with E-state index in [-0.39, 0.29) is 46.5 Å². The summed E-state index contributed by atoms with van der Waals surface area (Å²) in [4.78, 5) is 14.8. The monoisotopic (exact) mass is 374 g/mol. The molecule has 1 aromatic carbocycles. The Kier molecular flexibility index (Phi) is 7.70. The van der Waals surface area contributed by atoms with Gasteiger partial charge in [-0.2, -0.15) is 0 Å². The predicted molar refractivity (Wildman–Crippen MR) is 98.3 cm³/mol. The number of carbonyl (C=O) groups is 1. The number of hydrogen-bond donors (Lipinski definition) is 1. The van der Waals surface area contributed by atoms with Crippen molar-refractivity contribution in [3.63, 3.8) is 0 Å². The predicted octanol–water partition coefficient (Wildman–Crippen LogP) is 2.49. The molecule has 0 aliphatic carbocycles. The fourth-order valence-electron chi connectivity index (χ4n) is 3.09. The Balaban J connectivity index is 0.00000288. The van der Waals surface area contributed by atoms with E-state index in [1.807, 2.05) is 13.8 Å². The van der Waals surface area contributed by atoms with Crippen molar-refractivity contribution in [1.29, 1.82) is 0 Å². The normalized spacial score (nSPS) is 19.5. The molecule has 0 spiro atoms. The van der Waals surface area contributed by atoms with Gasteiger partial charge in [0.15, 0.2) is 9.84 Å². The summed E-state index contributed by atoms with van der Waals surface area (Å²) < 4.78 is 24.8. The summed E-state index contributed by atoms with van der Waals surface area (Å²) in [5.74, 6) is 0.123. The highest BCUT2D eigenvalue weighted by Crippen LogP contribution is 2.24. The minimum absolute atomic E-state index is 0. The number of nitrogens with zero attached hydrogens (tertiary/aromatic N) is 1. The molecule has 1 amide bonds. The van der Waals surface area contributed by atoms with Gasteiger partial charge in [0.05, 0.1) is 16.2 Å². The van der Waals surface area contributed by atoms with Crippen molar-refractivity contribution in [3.8, 4) is 0 Å². The molecule has 2 N–H and O–H groups in total. The van der Waals surface area contributed by atoms with Crippen LogP contribution in [-0.2, 0) is 9.84 Å². The summed E-state index contributed by atoms with van der Waals surface area (Å²) >= 11 is 0. The van der Waals surface area contributed by atoms with Crippen LogP contribution in [-0.4, -0.2) is 44.1 Å². The molecule has 5 nitrogen and oxygen atoms in total. The van der Waals surface area contributed by atoms with Crippen LogP contribution in [0, 0.1) is 5.92 Å². The summed E-state index contributed by atoms with van der Waals surface area (Å²) in [7, 11) is -3.43. The van der Waals surface area contributed by atoms with Crippen molar-refractivity contribution in [2.24, 2.45) is 11.7 Å². The van der Waals surface area contributed by atoms with Crippen LogP contribution in [0.2, 0.25) is 0 Å². The minimum atomic E-state index is -3.43. The number of hydrogen-bond acceptors (Lipinski definition) is 4. The summed E-state index contributed by atoms with van der Waals surface area (Å²) in [5.41, 5.74) is 6.26. The van der Waals surface area contributed by atoms with Crippen LogP contribution in [0.1, 0.15) is 43.5 Å². The molecule has 2 unspecified atom stereocenters. The third-order valence-electron chi connectivity index (χ3n) is 4.41. The van der Waals surface area contributed by atoms with E-state index in [1.165, 1.54) is 6.07 Å². The molecule has 24 heavy (non-hydrogen) atoms. The Morgan fingerprint density at radius 1 is 1.38 bits per heavy atom. The first-order valence-electron chi connectivity index (χ1n) is 8.23. The molecule has 7 heteroatoms. The van der Waals surface area contributed by atoms with Crippen molar-refractivity contribution in [2.45, 2.75) is 44.0 Å². The lowest BCUT2D eigenvalue weighted by Crippen LogP contribution is -2.45. The fourth-order valence-corrected chi connectivity index (χ4v) is 4.62. The summed E-state index contributed by atoms with van der Waals surface area (Å²) in [6, 6.07) is 6.56. The number of sulfone groups is 1. The van der Waals surface area contributed by atoms with E-state index < -0.39 is 9.84 Å². The van der Waals surface area contributed by atoms with E-state index in [1.54, 1.807) is 23.1 Å². The Hall–Kier alpha value is -1.11. The fraction of sp³-hybridized carbons (Fsp3) is 0.588. The third-order valence-corrected chi connectivity index (χ3v) is 6.39. The number of likely N-dealkylation sites (tertiary alicyclic amines) is 1. The molecule has 0 radical (unpaired) electrons. The lowest BCUT2D eigenvalue weighted by atomic mass is 9.92. The molecule has 2 rings (SSSR count). The van der Waals surface area contributed by atoms with Crippen molar-refractivity contribution in [3.05, 3.63) is 29.8 Å². The third kappa shape index (κ3) is 4.71. The van der Waals surface area contributed by atoms with Gasteiger partial charge < -0.3 is 10.6 Å². The Bertz CT molecular complexity index is 662. The van der Waals surface area contributed by atoms with Gasteiger partial charge in [0.25, 0.3) is 5.91 Å². The zero-order chi connectivity index (χ0) is 17.0. The van der Waals surface area contributed by atoms with Crippen molar-refractivity contribution >= 4 is 28.2 Å². The number of carbonyl (C=O) groups excluding carboxylic acids is 1. The topological polar surface area (TPSA) is 80.5 Å². The first-order valence-corrected chi connectivity index (χ1v) is 9.88. The number of nitrogens with two attached hydrogens (primary N) is 1. The lowest BCUT2D eigenvalue weighted by molar-refractivity contribution is 0.0657. The zero-order valence-electron chi connectivity index (χ0n) is 14.3. The second-order valence-electron chi connectivity index (χ2n) is 6.33. The van der Waals surface area contributed by atoms with Crippen LogP contribution in [0.3, 0.4) is 0 Å². The molecule has 1 aliphatic rings. The van der Waals surface area contributed by atoms with E-state index >= 15 is 0 Å². The van der Waals surface area contributed by atoms with Gasteiger partial charge in [0, 0.05) is 19.1 Å². The van der Waals surface area contributed by atoms with Gasteiger partial charge in [-0.3, -0.25) is 4.79 Å². The van der Waals surface area contributed by atoms with Crippen LogP contribution in [0.4, 0.5) is 0 Å². The highest BCUT2D eigenvalue weighted by molar-refractivity contribution is 7.91. The number of benzene rings is 1. The van der Waals surface area contributed by atoms with E-state index in [0.717, 1.165) is 12.8 Å². The van der Waals surface area contributed by atoms with Crippen LogP contribution in [0.15, 0.2) is 29.2 Å². The lowest BCUT2D eigenvalue weighted by Gasteiger charge is -2.35. The molecule has 1 heterocycles. The van der Waals surface area contributed by atoms with Crippen molar-refractivity contribution in [1.82, 2.24) is 4.90 Å². The van der Waals surface area contributed by atoms with Crippen molar-refractivity contribution in [2.75, 3.05) is 18.8 Å². The maximum Gasteiger partial charge on any atom is 0.255 e. The molecule has 136 valence electrons. The molecule has 2 atom stereocenters. The van der Waals surface area contributed by atoms with Gasteiger partial charge in [-0.1, -0.05) is 19.1 Å². The number of rotatable bonds is 5. The van der Waals surface area contributed by atoms with E-state index in [0.29, 0.717) is 19.5 Å². The van der Waals surface area contributed by atoms with Gasteiger partial charge >= 0.3 is 0 Å². The Morgan fingerprint density at radius 3 is 2.67 bits per heavy atom. The van der Waals surface area contributed by atoms with Crippen LogP contribution in [0.25, 0.3) is 0 Å². The summed E-state index contributed by atoms with van der Waals surface area (Å²) in [5, 5.41) is 0. The average Bonchev–Trinajstić information content (AvgIpc) is 2.54. The van der Waals surface area contributed by atoms with Crippen LogP contribution < -0.4 is 5.73 Å². The largest absolute Gasteiger partial charge is 0.338 e. The minimum Gasteiger partial charge on any atom is -0.338 e. The molecule has 0 saturated carbocycles. The maximum atomic E-state index is 12.9. The van der Waals surface area contributed by atoms with E-state index in [2.05, 4.69) is 0 Å². The smallest absolute Gasteiger partial charge is 0.255 e. The first-order chi connectivity index (χ1) is 10.9. The second kappa shape index (κ2) is 8.83. The van der Waals surface area contributed by atoms with Gasteiger partial charge in [-0.05, 0) is 44.2 Å². The molecular formula is C17H27ClN2O3S. The molecule has 0 bridgehead atoms. The number of amides is 1. The summed E-state index contributed by atoms with van der Waals surface area (Å²) in [6.45, 7) is 5.03. The van der Waals surface area contributed by atoms with Crippen LogP contribution in [0.5, 0.6) is 0 Å². The van der Waals surface area contributed by atoms with Gasteiger partial charge in [-0.15, -0.1) is 12.4 Å². The van der Waals surface area contributed by atoms with Gasteiger partial charge in [0.2, 0.25) is 0 Å². The molecule has 1 aromatic rings. The second-order valence-corrected chi connectivity index (χ2v) is 8.41. The number of piperidine rings is 1. The standard InChI is InChI=1S/C17H26N2O3S.ClH/c1-3-11-23(21,22)16-9-5-4-8-15(16)17(20)19-10-6-7-14(12-19)13(2)18;/h4-5,8-9,13-14H,3,6-7,10-12,18H2,1-2H3;1H. The zero-order valence-corrected chi connectivity index (χ0v) is 15.9. The molecule has 1 fully saturated rings.